The van der Waals surface area contributed by atoms with Gasteiger partial charge in [0.2, 0.25) is 15.9 Å². The molecule has 3 rings (SSSR count). The Balaban J connectivity index is 1.75. The first-order valence-electron chi connectivity index (χ1n) is 12.5. The molecule has 0 fully saturated rings. The number of rotatable bonds is 9. The maximum atomic E-state index is 13.2. The predicted molar refractivity (Wildman–Crippen MR) is 152 cm³/mol. The van der Waals surface area contributed by atoms with Gasteiger partial charge in [-0.3, -0.25) is 15.0 Å². The van der Waals surface area contributed by atoms with Crippen molar-refractivity contribution in [3.05, 3.63) is 83.9 Å². The minimum atomic E-state index is -3.92. The summed E-state index contributed by atoms with van der Waals surface area (Å²) >= 11 is 0. The van der Waals surface area contributed by atoms with Gasteiger partial charge >= 0.3 is 11.8 Å². The van der Waals surface area contributed by atoms with Crippen molar-refractivity contribution in [2.75, 3.05) is 11.9 Å². The summed E-state index contributed by atoms with van der Waals surface area (Å²) in [5.74, 6) is -1.32. The summed E-state index contributed by atoms with van der Waals surface area (Å²) in [6, 6.07) is 20.0. The van der Waals surface area contributed by atoms with Gasteiger partial charge in [-0.15, -0.1) is 0 Å². The van der Waals surface area contributed by atoms with Crippen LogP contribution in [0.25, 0.3) is 11.1 Å². The van der Waals surface area contributed by atoms with Crippen molar-refractivity contribution in [3.8, 4) is 11.1 Å². The fourth-order valence-corrected chi connectivity index (χ4v) is 4.77. The topological polar surface area (TPSA) is 143 Å². The lowest BCUT2D eigenvalue weighted by molar-refractivity contribution is -0.143. The Bertz CT molecular complexity index is 1450. The number of carbonyl (C=O) groups excluding carboxylic acids is 2. The molecular weight excluding hydrogens is 516 g/mol. The van der Waals surface area contributed by atoms with Crippen molar-refractivity contribution in [2.45, 2.75) is 45.2 Å². The second-order valence-corrected chi connectivity index (χ2v) is 11.4. The Hall–Kier alpha value is -4.02. The molecule has 0 bridgehead atoms. The van der Waals surface area contributed by atoms with Crippen molar-refractivity contribution in [3.63, 3.8) is 0 Å². The van der Waals surface area contributed by atoms with Gasteiger partial charge in [-0.25, -0.2) is 13.6 Å². The highest BCUT2D eigenvalue weighted by atomic mass is 32.2. The van der Waals surface area contributed by atoms with E-state index in [-0.39, 0.29) is 29.4 Å². The highest BCUT2D eigenvalue weighted by molar-refractivity contribution is 7.89. The number of hydrogen-bond acceptors (Lipinski definition) is 6. The number of carbonyl (C=O) groups is 2. The van der Waals surface area contributed by atoms with Crippen LogP contribution in [0.5, 0.6) is 0 Å². The van der Waals surface area contributed by atoms with Crippen LogP contribution in [-0.4, -0.2) is 43.7 Å². The van der Waals surface area contributed by atoms with E-state index in [2.05, 4.69) is 5.32 Å². The highest BCUT2D eigenvalue weighted by Crippen LogP contribution is 2.27. The third-order valence-corrected chi connectivity index (χ3v) is 6.60. The van der Waals surface area contributed by atoms with E-state index >= 15 is 0 Å². The molecule has 3 aromatic rings. The molecule has 0 spiro atoms. The number of amides is 2. The Morgan fingerprint density at radius 3 is 2.26 bits per heavy atom. The predicted octanol–water partition coefficient (Wildman–Crippen LogP) is 4.37. The lowest BCUT2D eigenvalue weighted by atomic mass is 10.1. The lowest BCUT2D eigenvalue weighted by Crippen LogP contribution is -2.41. The van der Waals surface area contributed by atoms with E-state index in [9.17, 15) is 18.0 Å². The van der Waals surface area contributed by atoms with E-state index < -0.39 is 21.8 Å². The van der Waals surface area contributed by atoms with Crippen molar-refractivity contribution < 1.29 is 22.7 Å². The first-order valence-corrected chi connectivity index (χ1v) is 14.1. The van der Waals surface area contributed by atoms with Crippen molar-refractivity contribution >= 4 is 33.4 Å². The van der Waals surface area contributed by atoms with E-state index in [0.29, 0.717) is 28.9 Å². The molecule has 0 aliphatic carbocycles. The van der Waals surface area contributed by atoms with Crippen LogP contribution in [0.1, 0.15) is 38.8 Å². The molecule has 0 saturated carbocycles. The summed E-state index contributed by atoms with van der Waals surface area (Å²) in [7, 11) is -3.92. The molecule has 206 valence electrons. The fraction of sp³-hybridized carbons (Fsp3) is 0.276. The van der Waals surface area contributed by atoms with Gasteiger partial charge in [-0.2, -0.15) is 0 Å². The van der Waals surface area contributed by atoms with Gasteiger partial charge in [0.1, 0.15) is 0 Å². The van der Waals surface area contributed by atoms with Crippen molar-refractivity contribution in [1.29, 1.82) is 5.41 Å². The number of anilines is 1. The number of primary sulfonamides is 1. The van der Waals surface area contributed by atoms with Gasteiger partial charge < -0.3 is 15.0 Å². The molecule has 0 saturated heterocycles. The molecule has 9 nitrogen and oxygen atoms in total. The zero-order chi connectivity index (χ0) is 28.7. The minimum absolute atomic E-state index is 0.00346. The van der Waals surface area contributed by atoms with Gasteiger partial charge in [0, 0.05) is 29.9 Å². The van der Waals surface area contributed by atoms with Crippen LogP contribution in [0.3, 0.4) is 0 Å². The number of nitrogens with zero attached hydrogens (tertiary/aromatic N) is 1. The summed E-state index contributed by atoms with van der Waals surface area (Å²) in [6.45, 7) is 8.15. The Kier molecular flexibility index (Phi) is 9.61. The second-order valence-electron chi connectivity index (χ2n) is 9.85. The van der Waals surface area contributed by atoms with Gasteiger partial charge in [0.05, 0.1) is 11.0 Å². The average Bonchev–Trinajstić information content (AvgIpc) is 2.87. The molecule has 0 aromatic heterocycles. The average molecular weight is 551 g/mol. The Morgan fingerprint density at radius 1 is 0.974 bits per heavy atom. The third kappa shape index (κ3) is 8.23. The van der Waals surface area contributed by atoms with E-state index in [4.69, 9.17) is 15.3 Å². The summed E-state index contributed by atoms with van der Waals surface area (Å²) < 4.78 is 29.4. The number of nitrogens with one attached hydrogen (secondary N) is 2. The first-order chi connectivity index (χ1) is 18.3. The molecule has 39 heavy (non-hydrogen) atoms. The Labute approximate surface area is 229 Å². The van der Waals surface area contributed by atoms with Crippen molar-refractivity contribution in [1.82, 2.24) is 4.90 Å². The number of sulfonamides is 1. The molecule has 0 unspecified atom stereocenters. The van der Waals surface area contributed by atoms with Crippen LogP contribution >= 0.6 is 0 Å². The van der Waals surface area contributed by atoms with E-state index in [1.54, 1.807) is 60.7 Å². The molecule has 0 atom stereocenters. The minimum Gasteiger partial charge on any atom is -0.475 e. The first kappa shape index (κ1) is 29.5. The summed E-state index contributed by atoms with van der Waals surface area (Å²) in [5.41, 5.74) is 2.77. The number of nitrogens with two attached hydrogens (primary N) is 1. The van der Waals surface area contributed by atoms with Crippen molar-refractivity contribution in [2.24, 2.45) is 11.1 Å². The number of ether oxygens (including phenoxy) is 1. The van der Waals surface area contributed by atoms with Crippen LogP contribution in [0.15, 0.2) is 77.7 Å². The maximum absolute atomic E-state index is 13.2. The van der Waals surface area contributed by atoms with Crippen LogP contribution in [0.4, 0.5) is 5.69 Å². The maximum Gasteiger partial charge on any atom is 0.313 e. The third-order valence-electron chi connectivity index (χ3n) is 5.63. The monoisotopic (exact) mass is 550 g/mol. The lowest BCUT2D eigenvalue weighted by Gasteiger charge is -2.24. The fourth-order valence-electron chi connectivity index (χ4n) is 4.01. The van der Waals surface area contributed by atoms with Gasteiger partial charge in [0.15, 0.2) is 0 Å². The van der Waals surface area contributed by atoms with Gasteiger partial charge in [-0.05, 0) is 61.2 Å². The quantitative estimate of drug-likeness (QED) is 0.206. The number of hydrogen-bond donors (Lipinski definition) is 3. The molecule has 3 aromatic carbocycles. The highest BCUT2D eigenvalue weighted by Gasteiger charge is 2.23. The molecule has 4 N–H and O–H groups in total. The molecule has 0 radical (unpaired) electrons. The van der Waals surface area contributed by atoms with E-state index in [1.165, 1.54) is 11.0 Å². The normalized spacial score (nSPS) is 11.4. The molecular formula is C29H34N4O5S. The molecule has 10 heteroatoms. The van der Waals surface area contributed by atoms with Gasteiger partial charge in [0.25, 0.3) is 0 Å². The molecule has 2 amide bonds. The molecule has 0 aliphatic heterocycles. The van der Waals surface area contributed by atoms with E-state index in [0.717, 1.165) is 5.56 Å². The molecule has 0 heterocycles. The summed E-state index contributed by atoms with van der Waals surface area (Å²) in [5, 5.41) is 16.1. The summed E-state index contributed by atoms with van der Waals surface area (Å²) in [6.07, 6.45) is -0.138. The zero-order valence-electron chi connectivity index (χ0n) is 22.5. The number of benzene rings is 3. The second kappa shape index (κ2) is 12.7. The summed E-state index contributed by atoms with van der Waals surface area (Å²) in [4.78, 5) is 27.5. The van der Waals surface area contributed by atoms with Crippen LogP contribution in [0, 0.1) is 11.3 Å². The van der Waals surface area contributed by atoms with Gasteiger partial charge in [-0.1, -0.05) is 56.3 Å². The van der Waals surface area contributed by atoms with Crippen LogP contribution in [0.2, 0.25) is 0 Å². The van der Waals surface area contributed by atoms with Crippen LogP contribution in [-0.2, 0) is 30.9 Å². The zero-order valence-corrected chi connectivity index (χ0v) is 23.3. The van der Waals surface area contributed by atoms with Crippen LogP contribution < -0.4 is 10.5 Å². The smallest absolute Gasteiger partial charge is 0.313 e. The largest absolute Gasteiger partial charge is 0.475 e. The SMILES string of the molecule is CC(C)CN(Cc1cccc(C(=N)OC(C)C)c1)C(=O)C(=O)Nc1ccc(-c2ccccc2S(N)(=O)=O)cc1. The van der Waals surface area contributed by atoms with E-state index in [1.807, 2.05) is 33.8 Å². The Morgan fingerprint density at radius 2 is 1.64 bits per heavy atom. The standard InChI is InChI=1S/C29H34N4O5S/c1-19(2)17-33(18-21-8-7-9-23(16-21)27(30)38-20(3)4)29(35)28(34)32-24-14-12-22(13-15-24)25-10-5-6-11-26(25)39(31,36)37/h5-16,19-20,30H,17-18H2,1-4H3,(H,32,34)(H2,31,36,37). The molecule has 0 aliphatic rings.